The molecule has 8 heteroatoms. The van der Waals surface area contributed by atoms with Gasteiger partial charge in [-0.2, -0.15) is 5.10 Å². The summed E-state index contributed by atoms with van der Waals surface area (Å²) in [5.41, 5.74) is 2.70. The number of carbonyl (C=O) groups excluding carboxylic acids is 2. The first-order valence-corrected chi connectivity index (χ1v) is 6.94. The fraction of sp³-hybridized carbons (Fsp3) is 0.0833. The van der Waals surface area contributed by atoms with Crippen LogP contribution in [0.2, 0.25) is 0 Å². The SMILES string of the molecule is C=CCNC(=O)C(=O)N/N=C/c1cc(Br)c(O)c(Br)c1. The zero-order valence-corrected chi connectivity index (χ0v) is 13.4. The Labute approximate surface area is 132 Å². The highest BCUT2D eigenvalue weighted by atomic mass is 79.9. The van der Waals surface area contributed by atoms with E-state index in [1.54, 1.807) is 12.1 Å². The fourth-order valence-electron chi connectivity index (χ4n) is 1.12. The second kappa shape index (κ2) is 7.81. The minimum Gasteiger partial charge on any atom is -0.506 e. The first kappa shape index (κ1) is 16.4. The number of rotatable bonds is 4. The molecule has 1 aromatic carbocycles. The van der Waals surface area contributed by atoms with Crippen LogP contribution in [0.4, 0.5) is 0 Å². The second-order valence-electron chi connectivity index (χ2n) is 3.53. The highest BCUT2D eigenvalue weighted by Crippen LogP contribution is 2.32. The number of nitrogens with one attached hydrogen (secondary N) is 2. The van der Waals surface area contributed by atoms with Gasteiger partial charge in [0.1, 0.15) is 5.75 Å². The number of benzene rings is 1. The normalized spacial score (nSPS) is 10.3. The quantitative estimate of drug-likeness (QED) is 0.308. The highest BCUT2D eigenvalue weighted by Gasteiger charge is 2.10. The van der Waals surface area contributed by atoms with Crippen LogP contribution in [-0.2, 0) is 9.59 Å². The van der Waals surface area contributed by atoms with Crippen molar-refractivity contribution in [3.63, 3.8) is 0 Å². The molecule has 1 rings (SSSR count). The number of carbonyl (C=O) groups is 2. The lowest BCUT2D eigenvalue weighted by Crippen LogP contribution is -2.37. The summed E-state index contributed by atoms with van der Waals surface area (Å²) in [5.74, 6) is -1.61. The Morgan fingerprint density at radius 1 is 1.30 bits per heavy atom. The van der Waals surface area contributed by atoms with Gasteiger partial charge in [0.2, 0.25) is 0 Å². The maximum atomic E-state index is 11.3. The summed E-state index contributed by atoms with van der Waals surface area (Å²) in [4.78, 5) is 22.5. The molecule has 0 spiro atoms. The summed E-state index contributed by atoms with van der Waals surface area (Å²) in [6, 6.07) is 3.21. The zero-order chi connectivity index (χ0) is 15.1. The molecule has 106 valence electrons. The third kappa shape index (κ3) is 4.78. The number of hydrazone groups is 1. The van der Waals surface area contributed by atoms with Gasteiger partial charge in [-0.3, -0.25) is 9.59 Å². The van der Waals surface area contributed by atoms with Gasteiger partial charge in [-0.15, -0.1) is 6.58 Å². The van der Waals surface area contributed by atoms with Crippen LogP contribution in [0, 0.1) is 0 Å². The molecule has 0 bridgehead atoms. The van der Waals surface area contributed by atoms with Gasteiger partial charge in [0.15, 0.2) is 0 Å². The number of nitrogens with zero attached hydrogens (tertiary/aromatic N) is 1. The summed E-state index contributed by atoms with van der Waals surface area (Å²) in [5, 5.41) is 15.5. The predicted octanol–water partition coefficient (Wildman–Crippen LogP) is 1.67. The largest absolute Gasteiger partial charge is 0.506 e. The van der Waals surface area contributed by atoms with Crippen molar-refractivity contribution in [1.82, 2.24) is 10.7 Å². The fourth-order valence-corrected chi connectivity index (χ4v) is 2.34. The van der Waals surface area contributed by atoms with Crippen LogP contribution in [0.25, 0.3) is 0 Å². The van der Waals surface area contributed by atoms with Gasteiger partial charge in [-0.05, 0) is 49.6 Å². The van der Waals surface area contributed by atoms with Crippen LogP contribution in [0.5, 0.6) is 5.75 Å². The smallest absolute Gasteiger partial charge is 0.329 e. The Kier molecular flexibility index (Phi) is 6.40. The van der Waals surface area contributed by atoms with Crippen molar-refractivity contribution in [2.75, 3.05) is 6.54 Å². The van der Waals surface area contributed by atoms with E-state index >= 15 is 0 Å². The van der Waals surface area contributed by atoms with E-state index in [1.165, 1.54) is 12.3 Å². The van der Waals surface area contributed by atoms with Gasteiger partial charge in [0, 0.05) is 6.54 Å². The number of phenols is 1. The van der Waals surface area contributed by atoms with Gasteiger partial charge >= 0.3 is 11.8 Å². The van der Waals surface area contributed by atoms with E-state index in [9.17, 15) is 14.7 Å². The average Bonchev–Trinajstić information content (AvgIpc) is 2.41. The van der Waals surface area contributed by atoms with Crippen molar-refractivity contribution in [3.05, 3.63) is 39.3 Å². The Balaban J connectivity index is 2.63. The van der Waals surface area contributed by atoms with Gasteiger partial charge in [0.05, 0.1) is 15.2 Å². The topological polar surface area (TPSA) is 90.8 Å². The molecule has 0 saturated carbocycles. The zero-order valence-electron chi connectivity index (χ0n) is 10.2. The number of hydrogen-bond acceptors (Lipinski definition) is 4. The highest BCUT2D eigenvalue weighted by molar-refractivity contribution is 9.11. The van der Waals surface area contributed by atoms with E-state index in [1.807, 2.05) is 0 Å². The first-order chi connectivity index (χ1) is 9.45. The number of amides is 2. The molecule has 3 N–H and O–H groups in total. The third-order valence-electron chi connectivity index (χ3n) is 2.03. The standard InChI is InChI=1S/C12H11Br2N3O3/c1-2-3-15-11(19)12(20)17-16-6-7-4-8(13)10(18)9(14)5-7/h2,4-6,18H,1,3H2,(H,15,19)(H,17,20)/b16-6+. The lowest BCUT2D eigenvalue weighted by atomic mass is 10.2. The molecule has 0 unspecified atom stereocenters. The van der Waals surface area contributed by atoms with E-state index in [0.29, 0.717) is 14.5 Å². The lowest BCUT2D eigenvalue weighted by Gasteiger charge is -2.02. The van der Waals surface area contributed by atoms with Crippen LogP contribution >= 0.6 is 31.9 Å². The molecule has 20 heavy (non-hydrogen) atoms. The third-order valence-corrected chi connectivity index (χ3v) is 3.24. The molecule has 0 heterocycles. The molecule has 1 aromatic rings. The van der Waals surface area contributed by atoms with E-state index in [-0.39, 0.29) is 12.3 Å². The lowest BCUT2D eigenvalue weighted by molar-refractivity contribution is -0.139. The van der Waals surface area contributed by atoms with E-state index in [2.05, 4.69) is 54.3 Å². The van der Waals surface area contributed by atoms with Crippen LogP contribution < -0.4 is 10.7 Å². The summed E-state index contributed by atoms with van der Waals surface area (Å²) in [6.45, 7) is 3.61. The van der Waals surface area contributed by atoms with Crippen LogP contribution in [-0.4, -0.2) is 29.7 Å². The molecule has 0 aliphatic carbocycles. The van der Waals surface area contributed by atoms with Crippen molar-refractivity contribution in [2.45, 2.75) is 0 Å². The number of halogens is 2. The summed E-state index contributed by atoms with van der Waals surface area (Å²) in [7, 11) is 0. The summed E-state index contributed by atoms with van der Waals surface area (Å²) in [6.07, 6.45) is 2.80. The number of hydrogen-bond donors (Lipinski definition) is 3. The molecule has 6 nitrogen and oxygen atoms in total. The van der Waals surface area contributed by atoms with E-state index in [0.717, 1.165) is 0 Å². The molecule has 0 radical (unpaired) electrons. The molecule has 2 amide bonds. The van der Waals surface area contributed by atoms with Crippen molar-refractivity contribution in [2.24, 2.45) is 5.10 Å². The molecular weight excluding hydrogens is 394 g/mol. The minimum atomic E-state index is -0.875. The van der Waals surface area contributed by atoms with Crippen LogP contribution in [0.1, 0.15) is 5.56 Å². The molecule has 0 aliphatic rings. The van der Waals surface area contributed by atoms with E-state index in [4.69, 9.17) is 0 Å². The number of aromatic hydroxyl groups is 1. The van der Waals surface area contributed by atoms with E-state index < -0.39 is 11.8 Å². The molecule has 0 aromatic heterocycles. The van der Waals surface area contributed by atoms with Gasteiger partial charge in [-0.25, -0.2) is 5.43 Å². The number of phenolic OH excluding ortho intramolecular Hbond substituents is 1. The monoisotopic (exact) mass is 403 g/mol. The van der Waals surface area contributed by atoms with Crippen molar-refractivity contribution < 1.29 is 14.7 Å². The molecule has 0 aliphatic heterocycles. The predicted molar refractivity (Wildman–Crippen MR) is 82.5 cm³/mol. The maximum absolute atomic E-state index is 11.3. The Hall–Kier alpha value is -1.67. The van der Waals surface area contributed by atoms with Crippen LogP contribution in [0.15, 0.2) is 38.8 Å². The van der Waals surface area contributed by atoms with Crippen LogP contribution in [0.3, 0.4) is 0 Å². The van der Waals surface area contributed by atoms with Gasteiger partial charge in [0.25, 0.3) is 0 Å². The second-order valence-corrected chi connectivity index (χ2v) is 5.24. The summed E-state index contributed by atoms with van der Waals surface area (Å²) < 4.78 is 0.951. The van der Waals surface area contributed by atoms with Crippen molar-refractivity contribution in [1.29, 1.82) is 0 Å². The summed E-state index contributed by atoms with van der Waals surface area (Å²) >= 11 is 6.33. The maximum Gasteiger partial charge on any atom is 0.329 e. The Morgan fingerprint density at radius 3 is 2.45 bits per heavy atom. The van der Waals surface area contributed by atoms with Gasteiger partial charge < -0.3 is 10.4 Å². The average molecular weight is 405 g/mol. The Bertz CT molecular complexity index is 550. The molecule has 0 fully saturated rings. The van der Waals surface area contributed by atoms with Crippen molar-refractivity contribution in [3.8, 4) is 5.75 Å². The minimum absolute atomic E-state index is 0.0648. The van der Waals surface area contributed by atoms with Crippen molar-refractivity contribution >= 4 is 49.9 Å². The molecular formula is C12H11Br2N3O3. The molecule has 0 saturated heterocycles. The van der Waals surface area contributed by atoms with Gasteiger partial charge in [-0.1, -0.05) is 6.08 Å². The molecule has 0 atom stereocenters. The first-order valence-electron chi connectivity index (χ1n) is 5.36. The Morgan fingerprint density at radius 2 is 1.90 bits per heavy atom.